The standard InChI is InChI=1S/C17H21N3O3S/c1-2-4-15(21)18-12-5-3-8-20(10-12)16(22)11-6-7-13-14(9-11)23-17(24)19-13/h6-7,9,12H,2-5,8,10H2,1H3,(H,18,21)(H,19,24). The summed E-state index contributed by atoms with van der Waals surface area (Å²) in [5.74, 6) is 0.0102. The first-order valence-electron chi connectivity index (χ1n) is 8.28. The molecule has 1 unspecified atom stereocenters. The van der Waals surface area contributed by atoms with Crippen LogP contribution in [0.25, 0.3) is 11.1 Å². The molecule has 1 saturated heterocycles. The Morgan fingerprint density at radius 2 is 2.29 bits per heavy atom. The summed E-state index contributed by atoms with van der Waals surface area (Å²) in [6.07, 6.45) is 3.15. The van der Waals surface area contributed by atoms with Crippen LogP contribution in [0.15, 0.2) is 22.6 Å². The lowest BCUT2D eigenvalue weighted by Gasteiger charge is -2.33. The first-order valence-corrected chi connectivity index (χ1v) is 8.69. The minimum absolute atomic E-state index is 0.0293. The molecule has 7 heteroatoms. The van der Waals surface area contributed by atoms with Crippen LogP contribution in [-0.2, 0) is 4.79 Å². The molecule has 1 aliphatic heterocycles. The number of aromatic amines is 1. The minimum atomic E-state index is -0.0475. The number of likely N-dealkylation sites (tertiary alicyclic amines) is 1. The van der Waals surface area contributed by atoms with E-state index in [4.69, 9.17) is 16.6 Å². The van der Waals surface area contributed by atoms with Crippen LogP contribution in [0.3, 0.4) is 0 Å². The molecular weight excluding hydrogens is 326 g/mol. The number of amides is 2. The second-order valence-electron chi connectivity index (χ2n) is 6.13. The fourth-order valence-corrected chi connectivity index (χ4v) is 3.27. The smallest absolute Gasteiger partial charge is 0.266 e. The average molecular weight is 347 g/mol. The van der Waals surface area contributed by atoms with Crippen LogP contribution in [0.4, 0.5) is 0 Å². The van der Waals surface area contributed by atoms with Gasteiger partial charge in [0.1, 0.15) is 0 Å². The second kappa shape index (κ2) is 7.17. The molecule has 24 heavy (non-hydrogen) atoms. The Morgan fingerprint density at radius 3 is 3.08 bits per heavy atom. The zero-order chi connectivity index (χ0) is 17.1. The number of H-pyrrole nitrogens is 1. The topological polar surface area (TPSA) is 78.3 Å². The van der Waals surface area contributed by atoms with Gasteiger partial charge in [0.05, 0.1) is 5.52 Å². The van der Waals surface area contributed by atoms with Gasteiger partial charge in [-0.3, -0.25) is 9.59 Å². The zero-order valence-corrected chi connectivity index (χ0v) is 14.4. The van der Waals surface area contributed by atoms with Crippen LogP contribution < -0.4 is 5.32 Å². The summed E-state index contributed by atoms with van der Waals surface area (Å²) in [5, 5.41) is 3.02. The maximum absolute atomic E-state index is 12.7. The quantitative estimate of drug-likeness (QED) is 0.834. The van der Waals surface area contributed by atoms with Gasteiger partial charge in [-0.2, -0.15) is 0 Å². The van der Waals surface area contributed by atoms with Crippen LogP contribution in [-0.4, -0.2) is 40.8 Å². The number of aromatic nitrogens is 1. The minimum Gasteiger partial charge on any atom is -0.429 e. The van der Waals surface area contributed by atoms with Crippen molar-refractivity contribution in [3.63, 3.8) is 0 Å². The lowest BCUT2D eigenvalue weighted by atomic mass is 10.0. The molecule has 3 rings (SSSR count). The Kier molecular flexibility index (Phi) is 4.99. The van der Waals surface area contributed by atoms with Gasteiger partial charge in [0.2, 0.25) is 5.91 Å². The molecule has 1 aliphatic rings. The number of oxazole rings is 1. The van der Waals surface area contributed by atoms with Crippen LogP contribution >= 0.6 is 12.2 Å². The molecule has 2 amide bonds. The van der Waals surface area contributed by atoms with Crippen LogP contribution in [0.5, 0.6) is 0 Å². The number of rotatable bonds is 4. The number of nitrogens with one attached hydrogen (secondary N) is 2. The van der Waals surface area contributed by atoms with E-state index in [-0.39, 0.29) is 17.9 Å². The van der Waals surface area contributed by atoms with Crippen molar-refractivity contribution >= 4 is 35.1 Å². The third-order valence-corrected chi connectivity index (χ3v) is 4.40. The fraction of sp³-hybridized carbons (Fsp3) is 0.471. The van der Waals surface area contributed by atoms with E-state index in [2.05, 4.69) is 10.3 Å². The van der Waals surface area contributed by atoms with Gasteiger partial charge >= 0.3 is 0 Å². The Bertz CT molecular complexity index is 811. The van der Waals surface area contributed by atoms with E-state index in [0.717, 1.165) is 24.8 Å². The summed E-state index contributed by atoms with van der Waals surface area (Å²) in [5.41, 5.74) is 1.93. The summed E-state index contributed by atoms with van der Waals surface area (Å²) in [7, 11) is 0. The highest BCUT2D eigenvalue weighted by Gasteiger charge is 2.25. The van der Waals surface area contributed by atoms with Gasteiger partial charge in [-0.1, -0.05) is 6.92 Å². The van der Waals surface area contributed by atoms with Crippen LogP contribution in [0.1, 0.15) is 43.0 Å². The Balaban J connectivity index is 1.70. The highest BCUT2D eigenvalue weighted by atomic mass is 32.1. The molecule has 0 saturated carbocycles. The van der Waals surface area contributed by atoms with Gasteiger partial charge in [0, 0.05) is 31.1 Å². The summed E-state index contributed by atoms with van der Waals surface area (Å²) in [4.78, 5) is 29.5. The molecule has 1 aromatic carbocycles. The van der Waals surface area contributed by atoms with Crippen molar-refractivity contribution in [2.45, 2.75) is 38.6 Å². The number of nitrogens with zero attached hydrogens (tertiary/aromatic N) is 1. The molecule has 1 atom stereocenters. The van der Waals surface area contributed by atoms with Gasteiger partial charge in [0.25, 0.3) is 10.7 Å². The second-order valence-corrected chi connectivity index (χ2v) is 6.50. The number of fused-ring (bicyclic) bond motifs is 1. The monoisotopic (exact) mass is 347 g/mol. The third-order valence-electron chi connectivity index (χ3n) is 4.22. The highest BCUT2D eigenvalue weighted by molar-refractivity contribution is 7.71. The van der Waals surface area contributed by atoms with Crippen molar-refractivity contribution in [2.75, 3.05) is 13.1 Å². The number of piperidine rings is 1. The van der Waals surface area contributed by atoms with Crippen LogP contribution in [0, 0.1) is 4.84 Å². The van der Waals surface area contributed by atoms with Gasteiger partial charge < -0.3 is 19.6 Å². The van der Waals surface area contributed by atoms with Gasteiger partial charge in [-0.15, -0.1) is 0 Å². The van der Waals surface area contributed by atoms with E-state index in [1.165, 1.54) is 0 Å². The zero-order valence-electron chi connectivity index (χ0n) is 13.6. The molecule has 1 aromatic heterocycles. The van der Waals surface area contributed by atoms with E-state index < -0.39 is 0 Å². The van der Waals surface area contributed by atoms with E-state index >= 15 is 0 Å². The molecule has 128 valence electrons. The molecule has 2 aromatic rings. The molecule has 1 fully saturated rings. The maximum atomic E-state index is 12.7. The SMILES string of the molecule is CCCC(=O)NC1CCCN(C(=O)c2ccc3[nH]c(=S)oc3c2)C1. The molecule has 2 heterocycles. The lowest BCUT2D eigenvalue weighted by molar-refractivity contribution is -0.122. The normalized spacial score (nSPS) is 17.9. The molecule has 0 radical (unpaired) electrons. The third kappa shape index (κ3) is 3.67. The number of hydrogen-bond acceptors (Lipinski definition) is 4. The van der Waals surface area contributed by atoms with Crippen molar-refractivity contribution in [1.82, 2.24) is 15.2 Å². The Morgan fingerprint density at radius 1 is 1.46 bits per heavy atom. The fourth-order valence-electron chi connectivity index (χ4n) is 3.07. The highest BCUT2D eigenvalue weighted by Crippen LogP contribution is 2.19. The number of carbonyl (C=O) groups is 2. The first kappa shape index (κ1) is 16.7. The Labute approximate surface area is 145 Å². The van der Waals surface area contributed by atoms with Crippen molar-refractivity contribution in [1.29, 1.82) is 0 Å². The average Bonchev–Trinajstić information content (AvgIpc) is 2.93. The van der Waals surface area contributed by atoms with Crippen molar-refractivity contribution in [2.24, 2.45) is 0 Å². The van der Waals surface area contributed by atoms with E-state index in [9.17, 15) is 9.59 Å². The first-order chi connectivity index (χ1) is 11.6. The lowest BCUT2D eigenvalue weighted by Crippen LogP contribution is -2.49. The molecule has 0 bridgehead atoms. The van der Waals surface area contributed by atoms with E-state index in [1.807, 2.05) is 6.92 Å². The summed E-state index contributed by atoms with van der Waals surface area (Å²) < 4.78 is 5.38. The molecule has 0 spiro atoms. The summed E-state index contributed by atoms with van der Waals surface area (Å²) in [6.45, 7) is 3.23. The predicted molar refractivity (Wildman–Crippen MR) is 93.4 cm³/mol. The summed E-state index contributed by atoms with van der Waals surface area (Å²) in [6, 6.07) is 5.31. The largest absolute Gasteiger partial charge is 0.429 e. The van der Waals surface area contributed by atoms with Gasteiger partial charge in [-0.05, 0) is 49.7 Å². The maximum Gasteiger partial charge on any atom is 0.266 e. The van der Waals surface area contributed by atoms with Crippen molar-refractivity contribution in [3.05, 3.63) is 28.6 Å². The Hall–Kier alpha value is -2.15. The van der Waals surface area contributed by atoms with E-state index in [1.54, 1.807) is 23.1 Å². The predicted octanol–water partition coefficient (Wildman–Crippen LogP) is 3.01. The number of carbonyl (C=O) groups excluding carboxylic acids is 2. The van der Waals surface area contributed by atoms with Gasteiger partial charge in [-0.25, -0.2) is 0 Å². The van der Waals surface area contributed by atoms with Crippen molar-refractivity contribution < 1.29 is 14.0 Å². The van der Waals surface area contributed by atoms with Crippen LogP contribution in [0.2, 0.25) is 0 Å². The summed E-state index contributed by atoms with van der Waals surface area (Å²) >= 11 is 4.97. The number of benzene rings is 1. The molecule has 6 nitrogen and oxygen atoms in total. The van der Waals surface area contributed by atoms with Crippen molar-refractivity contribution in [3.8, 4) is 0 Å². The molecule has 0 aliphatic carbocycles. The van der Waals surface area contributed by atoms with Gasteiger partial charge in [0.15, 0.2) is 5.58 Å². The molecular formula is C17H21N3O3S. The van der Waals surface area contributed by atoms with E-state index in [0.29, 0.717) is 35.5 Å². The number of hydrogen-bond donors (Lipinski definition) is 2. The molecule has 2 N–H and O–H groups in total.